The zero-order valence-corrected chi connectivity index (χ0v) is 14.5. The molecule has 0 aliphatic heterocycles. The van der Waals surface area contributed by atoms with Crippen LogP contribution in [0.2, 0.25) is 0 Å². The highest BCUT2D eigenvalue weighted by molar-refractivity contribution is 5.66. The van der Waals surface area contributed by atoms with Gasteiger partial charge in [0.15, 0.2) is 0 Å². The maximum Gasteiger partial charge on any atom is 0.302 e. The molecule has 0 fully saturated rings. The molecule has 2 atom stereocenters. The van der Waals surface area contributed by atoms with E-state index in [1.54, 1.807) is 0 Å². The molecule has 0 aromatic heterocycles. The van der Waals surface area contributed by atoms with Gasteiger partial charge in [0.2, 0.25) is 0 Å². The number of carbonyl (C=O) groups is 2. The van der Waals surface area contributed by atoms with Gasteiger partial charge in [-0.1, -0.05) is 0 Å². The van der Waals surface area contributed by atoms with Gasteiger partial charge in [0.25, 0.3) is 0 Å². The lowest BCUT2D eigenvalue weighted by Crippen LogP contribution is -2.50. The van der Waals surface area contributed by atoms with Gasteiger partial charge in [0, 0.05) is 13.8 Å². The normalized spacial score (nSPS) is 13.3. The molecule has 0 aliphatic rings. The topological polar surface area (TPSA) is 189 Å². The smallest absolute Gasteiger partial charge is 0.302 e. The average Bonchev–Trinajstić information content (AvgIpc) is 2.58. The van der Waals surface area contributed by atoms with Crippen molar-refractivity contribution in [3.8, 4) is 0 Å². The highest BCUT2D eigenvalue weighted by Crippen LogP contribution is 1.93. The van der Waals surface area contributed by atoms with Gasteiger partial charge in [-0.2, -0.15) is 0 Å². The molecule has 0 aromatic carbocycles. The molecule has 0 spiro atoms. The van der Waals surface area contributed by atoms with E-state index in [0.29, 0.717) is 0 Å². The van der Waals surface area contributed by atoms with Gasteiger partial charge in [0.05, 0.1) is 38.6 Å². The Kier molecular flexibility index (Phi) is 15.5. The van der Waals surface area contributed by atoms with E-state index in [1.165, 1.54) is 13.8 Å². The third-order valence-electron chi connectivity index (χ3n) is 2.52. The molecule has 11 nitrogen and oxygen atoms in total. The summed E-state index contributed by atoms with van der Waals surface area (Å²) in [4.78, 5) is 20.8. The molecule has 150 valence electrons. The van der Waals surface area contributed by atoms with Gasteiger partial charge in [-0.3, -0.25) is 9.59 Å². The average molecular weight is 371 g/mol. The standard InChI is InChI=1S/C10H18O7.C4H11NO3/c1-7(11)16-5-9(13)3-15-4-10(14)6-17-8(2)12;5-4(1-6,2-7)3-8/h9-10,13-14H,3-6H2,1-2H3;6-8H,1-3,5H2. The van der Waals surface area contributed by atoms with Gasteiger partial charge >= 0.3 is 11.9 Å². The second-order valence-corrected chi connectivity index (χ2v) is 5.29. The van der Waals surface area contributed by atoms with Crippen LogP contribution in [-0.2, 0) is 23.8 Å². The van der Waals surface area contributed by atoms with E-state index in [0.717, 1.165) is 0 Å². The monoisotopic (exact) mass is 371 g/mol. The lowest BCUT2D eigenvalue weighted by atomic mass is 10.1. The van der Waals surface area contributed by atoms with Crippen LogP contribution in [0.15, 0.2) is 0 Å². The van der Waals surface area contributed by atoms with Crippen molar-refractivity contribution in [1.82, 2.24) is 0 Å². The number of rotatable bonds is 11. The predicted octanol–water partition coefficient (Wildman–Crippen LogP) is -3.49. The van der Waals surface area contributed by atoms with E-state index < -0.39 is 49.5 Å². The molecule has 0 aromatic rings. The van der Waals surface area contributed by atoms with Crippen LogP contribution < -0.4 is 5.73 Å². The summed E-state index contributed by atoms with van der Waals surface area (Å²) in [5, 5.41) is 43.5. The SMILES string of the molecule is CC(=O)OCC(O)COCC(O)COC(C)=O.NC(CO)(CO)CO. The summed E-state index contributed by atoms with van der Waals surface area (Å²) < 4.78 is 14.0. The first-order valence-electron chi connectivity index (χ1n) is 7.42. The van der Waals surface area contributed by atoms with Crippen molar-refractivity contribution < 1.29 is 49.3 Å². The summed E-state index contributed by atoms with van der Waals surface area (Å²) in [5.41, 5.74) is 3.94. The molecule has 25 heavy (non-hydrogen) atoms. The summed E-state index contributed by atoms with van der Waals surface area (Å²) in [6.45, 7) is 0.784. The molecule has 0 aliphatic carbocycles. The lowest BCUT2D eigenvalue weighted by Gasteiger charge is -2.20. The highest BCUT2D eigenvalue weighted by Gasteiger charge is 2.20. The first kappa shape index (κ1) is 25.9. The van der Waals surface area contributed by atoms with E-state index in [-0.39, 0.29) is 26.4 Å². The Hall–Kier alpha value is -1.34. The van der Waals surface area contributed by atoms with E-state index in [9.17, 15) is 19.8 Å². The van der Waals surface area contributed by atoms with Crippen LogP contribution in [-0.4, -0.2) is 101 Å². The number of esters is 2. The van der Waals surface area contributed by atoms with Gasteiger partial charge in [-0.15, -0.1) is 0 Å². The fraction of sp³-hybridized carbons (Fsp3) is 0.857. The first-order chi connectivity index (χ1) is 11.6. The number of aliphatic hydroxyl groups is 5. The molecular formula is C14H29NO10. The van der Waals surface area contributed by atoms with E-state index in [1.807, 2.05) is 0 Å². The molecule has 2 unspecified atom stereocenters. The Balaban J connectivity index is 0. The zero-order chi connectivity index (χ0) is 19.9. The van der Waals surface area contributed by atoms with Crippen molar-refractivity contribution in [1.29, 1.82) is 0 Å². The molecule has 0 saturated heterocycles. The van der Waals surface area contributed by atoms with Crippen LogP contribution >= 0.6 is 0 Å². The van der Waals surface area contributed by atoms with Crippen LogP contribution in [0.1, 0.15) is 13.8 Å². The largest absolute Gasteiger partial charge is 0.463 e. The molecule has 0 rings (SSSR count). The third-order valence-corrected chi connectivity index (χ3v) is 2.52. The van der Waals surface area contributed by atoms with Gasteiger partial charge < -0.3 is 45.5 Å². The fourth-order valence-electron chi connectivity index (χ4n) is 1.01. The number of hydrogen-bond donors (Lipinski definition) is 6. The molecular weight excluding hydrogens is 342 g/mol. The Morgan fingerprint density at radius 2 is 1.16 bits per heavy atom. The predicted molar refractivity (Wildman–Crippen MR) is 84.3 cm³/mol. The van der Waals surface area contributed by atoms with Gasteiger partial charge in [-0.25, -0.2) is 0 Å². The Labute approximate surface area is 145 Å². The molecule has 0 saturated carbocycles. The quantitative estimate of drug-likeness (QED) is 0.198. The van der Waals surface area contributed by atoms with Crippen molar-refractivity contribution in [3.05, 3.63) is 0 Å². The minimum Gasteiger partial charge on any atom is -0.463 e. The van der Waals surface area contributed by atoms with Crippen LogP contribution in [0.25, 0.3) is 0 Å². The summed E-state index contributed by atoms with van der Waals surface area (Å²) in [7, 11) is 0. The minimum absolute atomic E-state index is 0.0790. The van der Waals surface area contributed by atoms with E-state index >= 15 is 0 Å². The van der Waals surface area contributed by atoms with Crippen LogP contribution in [0.3, 0.4) is 0 Å². The summed E-state index contributed by atoms with van der Waals surface area (Å²) in [5.74, 6) is -0.974. The van der Waals surface area contributed by atoms with Crippen molar-refractivity contribution in [2.45, 2.75) is 31.6 Å². The van der Waals surface area contributed by atoms with Crippen LogP contribution in [0.4, 0.5) is 0 Å². The molecule has 11 heteroatoms. The number of carbonyl (C=O) groups excluding carboxylic acids is 2. The third kappa shape index (κ3) is 17.3. The summed E-state index contributed by atoms with van der Waals surface area (Å²) in [6.07, 6.45) is -1.89. The van der Waals surface area contributed by atoms with Crippen molar-refractivity contribution in [3.63, 3.8) is 0 Å². The maximum absolute atomic E-state index is 10.4. The molecule has 0 heterocycles. The number of ether oxygens (including phenoxy) is 3. The summed E-state index contributed by atoms with van der Waals surface area (Å²) in [6, 6.07) is 0. The number of nitrogens with two attached hydrogens (primary N) is 1. The first-order valence-corrected chi connectivity index (χ1v) is 7.42. The van der Waals surface area contributed by atoms with Gasteiger partial charge in [0.1, 0.15) is 25.4 Å². The van der Waals surface area contributed by atoms with Crippen LogP contribution in [0.5, 0.6) is 0 Å². The maximum atomic E-state index is 10.4. The highest BCUT2D eigenvalue weighted by atomic mass is 16.6. The minimum atomic E-state index is -1.21. The van der Waals surface area contributed by atoms with Crippen molar-refractivity contribution >= 4 is 11.9 Å². The molecule has 0 bridgehead atoms. The van der Waals surface area contributed by atoms with Crippen molar-refractivity contribution in [2.24, 2.45) is 5.73 Å². The second kappa shape index (κ2) is 15.0. The Morgan fingerprint density at radius 1 is 0.840 bits per heavy atom. The van der Waals surface area contributed by atoms with Crippen molar-refractivity contribution in [2.75, 3.05) is 46.2 Å². The fourth-order valence-corrected chi connectivity index (χ4v) is 1.01. The lowest BCUT2D eigenvalue weighted by molar-refractivity contribution is -0.146. The van der Waals surface area contributed by atoms with E-state index in [4.69, 9.17) is 25.8 Å². The number of hydrogen-bond acceptors (Lipinski definition) is 11. The molecule has 0 amide bonds. The molecule has 7 N–H and O–H groups in total. The second-order valence-electron chi connectivity index (χ2n) is 5.29. The molecule has 0 radical (unpaired) electrons. The Bertz CT molecular complexity index is 329. The Morgan fingerprint density at radius 3 is 1.36 bits per heavy atom. The number of aliphatic hydroxyl groups excluding tert-OH is 5. The zero-order valence-electron chi connectivity index (χ0n) is 14.5. The van der Waals surface area contributed by atoms with E-state index in [2.05, 4.69) is 9.47 Å². The van der Waals surface area contributed by atoms with Crippen LogP contribution in [0, 0.1) is 0 Å². The summed E-state index contributed by atoms with van der Waals surface area (Å²) >= 11 is 0. The van der Waals surface area contributed by atoms with Gasteiger partial charge in [-0.05, 0) is 0 Å².